The Morgan fingerprint density at radius 1 is 0.692 bits per heavy atom. The van der Waals surface area contributed by atoms with Crippen molar-refractivity contribution in [1.82, 2.24) is 0 Å². The Morgan fingerprint density at radius 3 is 1.90 bits per heavy atom. The molecule has 0 spiro atoms. The van der Waals surface area contributed by atoms with E-state index in [1.54, 1.807) is 6.08 Å². The largest absolute Gasteiger partial charge is 0.499 e. The van der Waals surface area contributed by atoms with Crippen LogP contribution in [0, 0.1) is 5.41 Å². The first kappa shape index (κ1) is 37.0. The van der Waals surface area contributed by atoms with Crippen LogP contribution in [0.1, 0.15) is 19.8 Å². The predicted octanol–water partition coefficient (Wildman–Crippen LogP) is 4.15. The highest BCUT2D eigenvalue weighted by molar-refractivity contribution is 5.82. The summed E-state index contributed by atoms with van der Waals surface area (Å²) in [4.78, 5) is 52.0. The second kappa shape index (κ2) is 26.9. The van der Waals surface area contributed by atoms with Gasteiger partial charge < -0.3 is 28.6 Å². The molecule has 0 radical (unpaired) electrons. The fourth-order valence-electron chi connectivity index (χ4n) is 2.17. The van der Waals surface area contributed by atoms with E-state index in [1.807, 2.05) is 6.92 Å². The predicted molar refractivity (Wildman–Crippen MR) is 141 cm³/mol. The molecular weight excluding hydrogens is 516 g/mol. The molecule has 0 aromatic heterocycles. The molecule has 12 heteroatoms. The summed E-state index contributed by atoms with van der Waals surface area (Å²) in [5.74, 6) is -1.93. The molecule has 0 fully saturated rings. The van der Waals surface area contributed by atoms with Crippen molar-refractivity contribution in [1.29, 1.82) is 0 Å². The Kier molecular flexibility index (Phi) is 25.6. The number of allylic oxidation sites excluding steroid dienone is 1. The molecule has 0 aromatic rings. The number of hydrogen-bond acceptors (Lipinski definition) is 12. The molecule has 1 atom stereocenters. The zero-order chi connectivity index (χ0) is 29.6. The first-order valence-corrected chi connectivity index (χ1v) is 11.6. The Balaban J connectivity index is 0. The lowest BCUT2D eigenvalue weighted by atomic mass is 9.83. The van der Waals surface area contributed by atoms with Crippen LogP contribution in [0.5, 0.6) is 0 Å². The summed E-state index contributed by atoms with van der Waals surface area (Å²) in [7, 11) is 0. The Bertz CT molecular complexity index is 803. The van der Waals surface area contributed by atoms with Crippen LogP contribution in [0.4, 0.5) is 0 Å². The van der Waals surface area contributed by atoms with Gasteiger partial charge in [-0.2, -0.15) is 9.78 Å². The van der Waals surface area contributed by atoms with Crippen LogP contribution in [0.25, 0.3) is 0 Å². The molecule has 1 unspecified atom stereocenters. The summed E-state index contributed by atoms with van der Waals surface area (Å²) < 4.78 is 25.5. The third-order valence-electron chi connectivity index (χ3n) is 4.24. The van der Waals surface area contributed by atoms with Gasteiger partial charge >= 0.3 is 17.9 Å². The van der Waals surface area contributed by atoms with Crippen molar-refractivity contribution >= 4 is 17.9 Å². The first-order valence-electron chi connectivity index (χ1n) is 11.6. The third-order valence-corrected chi connectivity index (χ3v) is 4.24. The summed E-state index contributed by atoms with van der Waals surface area (Å²) >= 11 is 0. The highest BCUT2D eigenvalue weighted by Gasteiger charge is 2.29. The zero-order valence-corrected chi connectivity index (χ0v) is 22.3. The van der Waals surface area contributed by atoms with Gasteiger partial charge in [0, 0.05) is 23.6 Å². The maximum absolute atomic E-state index is 11.0. The standard InChI is InChI=1S/C25H34O12.C2H4/c1-5-22(26)32-16-14-30-12-13-31-20-25(8-4,21-36-34-19-17-33-23(27)6-2)10-9-11-29-15-18-35-37-24(28)7-3;1-2/h5-7,9,11,14,16-17,19H,1-3,8,10,12-13,15,18,20-21H2,4H3;1-2H2/b11-9+,16-14+,19-17+;. The van der Waals surface area contributed by atoms with E-state index in [-0.39, 0.29) is 39.6 Å². The number of carbonyl (C=O) groups excluding carboxylic acids is 3. The highest BCUT2D eigenvalue weighted by atomic mass is 17.2. The van der Waals surface area contributed by atoms with E-state index < -0.39 is 23.3 Å². The molecule has 0 aliphatic heterocycles. The summed E-state index contributed by atoms with van der Waals surface area (Å²) in [6.07, 6.45) is 11.8. The normalized spacial score (nSPS) is 12.0. The van der Waals surface area contributed by atoms with E-state index in [9.17, 15) is 14.4 Å². The molecule has 0 aliphatic carbocycles. The molecule has 0 saturated heterocycles. The van der Waals surface area contributed by atoms with E-state index in [1.165, 1.54) is 12.5 Å². The van der Waals surface area contributed by atoms with Crippen molar-refractivity contribution < 1.29 is 57.6 Å². The van der Waals surface area contributed by atoms with Crippen molar-refractivity contribution in [3.63, 3.8) is 0 Å². The van der Waals surface area contributed by atoms with E-state index in [4.69, 9.17) is 24.0 Å². The minimum atomic E-state index is -0.697. The van der Waals surface area contributed by atoms with Crippen LogP contribution < -0.4 is 0 Å². The van der Waals surface area contributed by atoms with Crippen LogP contribution in [0.15, 0.2) is 88.5 Å². The maximum Gasteiger partial charge on any atom is 0.365 e. The topological polar surface area (TPSA) is 134 Å². The van der Waals surface area contributed by atoms with Gasteiger partial charge in [0.15, 0.2) is 6.26 Å². The molecule has 0 bridgehead atoms. The van der Waals surface area contributed by atoms with E-state index in [0.717, 1.165) is 37.0 Å². The van der Waals surface area contributed by atoms with Crippen molar-refractivity contribution in [2.24, 2.45) is 5.41 Å². The van der Waals surface area contributed by atoms with Crippen LogP contribution >= 0.6 is 0 Å². The van der Waals surface area contributed by atoms with E-state index in [2.05, 4.69) is 52.1 Å². The lowest BCUT2D eigenvalue weighted by Crippen LogP contribution is -2.32. The number of carbonyl (C=O) groups is 3. The Hall–Kier alpha value is -4.13. The second-order valence-electron chi connectivity index (χ2n) is 6.84. The molecule has 0 saturated carbocycles. The van der Waals surface area contributed by atoms with Crippen LogP contribution in [-0.4, -0.2) is 57.5 Å². The molecule has 0 heterocycles. The van der Waals surface area contributed by atoms with E-state index >= 15 is 0 Å². The summed E-state index contributed by atoms with van der Waals surface area (Å²) in [6.45, 7) is 18.8. The summed E-state index contributed by atoms with van der Waals surface area (Å²) in [5, 5.41) is 0. The fourth-order valence-corrected chi connectivity index (χ4v) is 2.17. The molecule has 0 aliphatic rings. The third kappa shape index (κ3) is 22.8. The lowest BCUT2D eigenvalue weighted by molar-refractivity contribution is -0.273. The number of hydrogen-bond donors (Lipinski definition) is 0. The van der Waals surface area contributed by atoms with Crippen LogP contribution in [0.3, 0.4) is 0 Å². The summed E-state index contributed by atoms with van der Waals surface area (Å²) in [6, 6.07) is 0. The number of ether oxygens (including phenoxy) is 5. The average Bonchev–Trinajstić information content (AvgIpc) is 2.97. The molecule has 0 N–H and O–H groups in total. The van der Waals surface area contributed by atoms with Gasteiger partial charge in [0.2, 0.25) is 0 Å². The van der Waals surface area contributed by atoms with Gasteiger partial charge in [-0.3, -0.25) is 4.89 Å². The monoisotopic (exact) mass is 554 g/mol. The number of rotatable bonds is 23. The van der Waals surface area contributed by atoms with Crippen molar-refractivity contribution in [3.8, 4) is 0 Å². The fraction of sp³-hybridized carbons (Fsp3) is 0.370. The van der Waals surface area contributed by atoms with Crippen molar-refractivity contribution in [2.75, 3.05) is 39.6 Å². The average molecular weight is 555 g/mol. The second-order valence-corrected chi connectivity index (χ2v) is 6.84. The van der Waals surface area contributed by atoms with Gasteiger partial charge in [0.25, 0.3) is 0 Å². The minimum Gasteiger partial charge on any atom is -0.499 e. The van der Waals surface area contributed by atoms with Gasteiger partial charge in [0.1, 0.15) is 45.2 Å². The Morgan fingerprint density at radius 2 is 1.28 bits per heavy atom. The molecule has 218 valence electrons. The smallest absolute Gasteiger partial charge is 0.365 e. The van der Waals surface area contributed by atoms with E-state index in [0.29, 0.717) is 12.8 Å². The number of esters is 2. The maximum atomic E-state index is 11.0. The lowest BCUT2D eigenvalue weighted by Gasteiger charge is -2.30. The summed E-state index contributed by atoms with van der Waals surface area (Å²) in [5.41, 5.74) is -0.503. The van der Waals surface area contributed by atoms with Crippen molar-refractivity contribution in [2.45, 2.75) is 19.8 Å². The molecule has 0 amide bonds. The molecule has 0 rings (SSSR count). The van der Waals surface area contributed by atoms with Gasteiger partial charge in [0.05, 0.1) is 19.5 Å². The zero-order valence-electron chi connectivity index (χ0n) is 22.3. The Labute approximate surface area is 229 Å². The van der Waals surface area contributed by atoms with Crippen molar-refractivity contribution in [3.05, 3.63) is 88.5 Å². The van der Waals surface area contributed by atoms with Crippen LogP contribution in [0.2, 0.25) is 0 Å². The molecule has 0 aromatic carbocycles. The molecular formula is C27H38O12. The SMILES string of the molecule is C=C.C=CC(=O)O/C=C/OCCOCC(CC)(C/C=C/OCCOOC(=O)C=C)COO/C=C/OC(=O)C=C. The van der Waals surface area contributed by atoms with Gasteiger partial charge in [-0.05, 0) is 18.9 Å². The van der Waals surface area contributed by atoms with Gasteiger partial charge in [-0.1, -0.05) is 26.7 Å². The molecule has 12 nitrogen and oxygen atoms in total. The first-order chi connectivity index (χ1) is 18.9. The highest BCUT2D eigenvalue weighted by Crippen LogP contribution is 2.28. The minimum absolute atomic E-state index is 0.0346. The van der Waals surface area contributed by atoms with Gasteiger partial charge in [-0.25, -0.2) is 14.4 Å². The quantitative estimate of drug-likeness (QED) is 0.0341. The molecule has 39 heavy (non-hydrogen) atoms. The van der Waals surface area contributed by atoms with Gasteiger partial charge in [-0.15, -0.1) is 13.2 Å². The van der Waals surface area contributed by atoms with Crippen LogP contribution in [-0.2, 0) is 57.6 Å².